The van der Waals surface area contributed by atoms with E-state index in [9.17, 15) is 0 Å². The molecule has 4 heteroatoms. The number of hydrogen-bond acceptors (Lipinski definition) is 3. The highest BCUT2D eigenvalue weighted by molar-refractivity contribution is 9.10. The van der Waals surface area contributed by atoms with Crippen LogP contribution >= 0.6 is 15.9 Å². The molecule has 0 unspecified atom stereocenters. The number of hydrogen-bond donors (Lipinski definition) is 2. The first-order valence-electron chi connectivity index (χ1n) is 4.94. The van der Waals surface area contributed by atoms with E-state index in [0.29, 0.717) is 5.82 Å². The van der Waals surface area contributed by atoms with E-state index in [4.69, 9.17) is 5.73 Å². The molecule has 82 valence electrons. The molecule has 0 saturated heterocycles. The quantitative estimate of drug-likeness (QED) is 0.907. The Bertz CT molecular complexity index is 471. The molecule has 0 aliphatic heterocycles. The van der Waals surface area contributed by atoms with Gasteiger partial charge in [-0.15, -0.1) is 0 Å². The maximum Gasteiger partial charge on any atom is 0.125 e. The summed E-state index contributed by atoms with van der Waals surface area (Å²) in [6.45, 7) is 0.767. The van der Waals surface area contributed by atoms with Gasteiger partial charge in [-0.05, 0) is 21.5 Å². The fourth-order valence-corrected chi connectivity index (χ4v) is 1.74. The lowest BCUT2D eigenvalue weighted by atomic mass is 10.2. The summed E-state index contributed by atoms with van der Waals surface area (Å²) in [6.07, 6.45) is 1.70. The lowest BCUT2D eigenvalue weighted by Gasteiger charge is -2.08. The Morgan fingerprint density at radius 3 is 2.75 bits per heavy atom. The van der Waals surface area contributed by atoms with Gasteiger partial charge in [-0.2, -0.15) is 0 Å². The van der Waals surface area contributed by atoms with Gasteiger partial charge in [-0.1, -0.05) is 30.3 Å². The van der Waals surface area contributed by atoms with Crippen molar-refractivity contribution in [3.8, 4) is 0 Å². The van der Waals surface area contributed by atoms with Crippen LogP contribution in [0, 0.1) is 0 Å². The van der Waals surface area contributed by atoms with Crippen molar-refractivity contribution in [3.63, 3.8) is 0 Å². The summed E-state index contributed by atoms with van der Waals surface area (Å²) in [5.74, 6) is 0.513. The molecule has 0 aliphatic rings. The topological polar surface area (TPSA) is 50.9 Å². The largest absolute Gasteiger partial charge is 0.384 e. The van der Waals surface area contributed by atoms with Crippen LogP contribution in [0.3, 0.4) is 0 Å². The Morgan fingerprint density at radius 2 is 2.00 bits per heavy atom. The number of nitrogen functional groups attached to an aromatic ring is 1. The van der Waals surface area contributed by atoms with Crippen molar-refractivity contribution in [1.82, 2.24) is 4.98 Å². The van der Waals surface area contributed by atoms with Crippen LogP contribution in [0.25, 0.3) is 0 Å². The van der Waals surface area contributed by atoms with Crippen LogP contribution in [0.5, 0.6) is 0 Å². The second kappa shape index (κ2) is 4.99. The number of nitrogens with two attached hydrogens (primary N) is 1. The number of rotatable bonds is 3. The third-order valence-corrected chi connectivity index (χ3v) is 2.83. The number of pyridine rings is 1. The van der Waals surface area contributed by atoms with Crippen LogP contribution in [0.15, 0.2) is 47.1 Å². The van der Waals surface area contributed by atoms with Crippen molar-refractivity contribution < 1.29 is 0 Å². The van der Waals surface area contributed by atoms with Crippen LogP contribution in [-0.2, 0) is 6.54 Å². The minimum Gasteiger partial charge on any atom is -0.384 e. The van der Waals surface area contributed by atoms with E-state index in [1.54, 1.807) is 6.20 Å². The first-order valence-corrected chi connectivity index (χ1v) is 5.74. The van der Waals surface area contributed by atoms with Crippen molar-refractivity contribution in [3.05, 3.63) is 52.6 Å². The molecule has 1 aromatic heterocycles. The molecule has 0 atom stereocenters. The van der Waals surface area contributed by atoms with Gasteiger partial charge in [-0.3, -0.25) is 0 Å². The van der Waals surface area contributed by atoms with Crippen molar-refractivity contribution in [2.75, 3.05) is 11.1 Å². The summed E-state index contributed by atoms with van der Waals surface area (Å²) < 4.78 is 0.914. The molecule has 0 bridgehead atoms. The van der Waals surface area contributed by atoms with E-state index in [2.05, 4.69) is 38.4 Å². The van der Waals surface area contributed by atoms with Crippen molar-refractivity contribution in [2.24, 2.45) is 0 Å². The number of nitrogens with zero attached hydrogens (tertiary/aromatic N) is 1. The Balaban J connectivity index is 2.08. The summed E-state index contributed by atoms with van der Waals surface area (Å²) in [5, 5.41) is 3.30. The smallest absolute Gasteiger partial charge is 0.125 e. The summed E-state index contributed by atoms with van der Waals surface area (Å²) in [7, 11) is 0. The third kappa shape index (κ3) is 2.73. The second-order valence-corrected chi connectivity index (χ2v) is 4.28. The molecule has 1 aromatic carbocycles. The molecule has 0 fully saturated rings. The van der Waals surface area contributed by atoms with Gasteiger partial charge in [0.25, 0.3) is 0 Å². The van der Waals surface area contributed by atoms with Gasteiger partial charge in [0.15, 0.2) is 0 Å². The molecule has 1 heterocycles. The number of benzene rings is 1. The molecular formula is C12H12BrN3. The lowest BCUT2D eigenvalue weighted by Crippen LogP contribution is -2.01. The monoisotopic (exact) mass is 277 g/mol. The van der Waals surface area contributed by atoms with Crippen molar-refractivity contribution in [1.29, 1.82) is 0 Å². The number of halogens is 1. The average molecular weight is 278 g/mol. The number of anilines is 2. The van der Waals surface area contributed by atoms with Crippen LogP contribution in [0.2, 0.25) is 0 Å². The van der Waals surface area contributed by atoms with Gasteiger partial charge in [0.2, 0.25) is 0 Å². The van der Waals surface area contributed by atoms with Gasteiger partial charge in [-0.25, -0.2) is 4.98 Å². The van der Waals surface area contributed by atoms with E-state index in [1.165, 1.54) is 5.56 Å². The van der Waals surface area contributed by atoms with E-state index in [1.807, 2.05) is 24.3 Å². The SMILES string of the molecule is Nc1cc(NCc2ccccc2)c(Br)cn1. The fourth-order valence-electron chi connectivity index (χ4n) is 1.38. The molecule has 3 N–H and O–H groups in total. The third-order valence-electron chi connectivity index (χ3n) is 2.20. The van der Waals surface area contributed by atoms with E-state index in [-0.39, 0.29) is 0 Å². The average Bonchev–Trinajstić information content (AvgIpc) is 2.32. The normalized spacial score (nSPS) is 10.1. The van der Waals surface area contributed by atoms with Crippen molar-refractivity contribution >= 4 is 27.4 Å². The minimum atomic E-state index is 0.513. The van der Waals surface area contributed by atoms with Crippen molar-refractivity contribution in [2.45, 2.75) is 6.54 Å². The van der Waals surface area contributed by atoms with Gasteiger partial charge < -0.3 is 11.1 Å². The summed E-state index contributed by atoms with van der Waals surface area (Å²) in [5.41, 5.74) is 7.81. The zero-order valence-corrected chi connectivity index (χ0v) is 10.2. The Hall–Kier alpha value is -1.55. The number of nitrogens with one attached hydrogen (secondary N) is 1. The minimum absolute atomic E-state index is 0.513. The highest BCUT2D eigenvalue weighted by Gasteiger charge is 2.00. The van der Waals surface area contributed by atoms with E-state index < -0.39 is 0 Å². The standard InChI is InChI=1S/C12H12BrN3/c13-10-8-16-12(14)6-11(10)15-7-9-4-2-1-3-5-9/h1-6,8H,7H2,(H3,14,15,16). The Kier molecular flexibility index (Phi) is 3.41. The first-order chi connectivity index (χ1) is 7.75. The van der Waals surface area contributed by atoms with Crippen LogP contribution < -0.4 is 11.1 Å². The maximum absolute atomic E-state index is 5.62. The highest BCUT2D eigenvalue weighted by atomic mass is 79.9. The summed E-state index contributed by atoms with van der Waals surface area (Å²) >= 11 is 3.42. The van der Waals surface area contributed by atoms with Gasteiger partial charge in [0.1, 0.15) is 5.82 Å². The molecule has 3 nitrogen and oxygen atoms in total. The van der Waals surface area contributed by atoms with E-state index in [0.717, 1.165) is 16.7 Å². The van der Waals surface area contributed by atoms with Gasteiger partial charge in [0.05, 0.1) is 10.2 Å². The lowest BCUT2D eigenvalue weighted by molar-refractivity contribution is 1.14. The van der Waals surface area contributed by atoms with Crippen LogP contribution in [-0.4, -0.2) is 4.98 Å². The Labute approximate surface area is 103 Å². The number of aromatic nitrogens is 1. The van der Waals surface area contributed by atoms with E-state index >= 15 is 0 Å². The van der Waals surface area contributed by atoms with Crippen LogP contribution in [0.4, 0.5) is 11.5 Å². The molecule has 0 aliphatic carbocycles. The zero-order chi connectivity index (χ0) is 11.4. The first kappa shape index (κ1) is 11.0. The predicted octanol–water partition coefficient (Wildman–Crippen LogP) is 3.04. The summed E-state index contributed by atoms with van der Waals surface area (Å²) in [4.78, 5) is 3.99. The molecule has 2 aromatic rings. The fraction of sp³-hybridized carbons (Fsp3) is 0.0833. The summed E-state index contributed by atoms with van der Waals surface area (Å²) in [6, 6.07) is 12.0. The molecule has 0 radical (unpaired) electrons. The second-order valence-electron chi connectivity index (χ2n) is 3.43. The molecule has 0 saturated carbocycles. The predicted molar refractivity (Wildman–Crippen MR) is 70.1 cm³/mol. The molecular weight excluding hydrogens is 266 g/mol. The zero-order valence-electron chi connectivity index (χ0n) is 8.65. The Morgan fingerprint density at radius 1 is 1.25 bits per heavy atom. The maximum atomic E-state index is 5.62. The van der Waals surface area contributed by atoms with Gasteiger partial charge >= 0.3 is 0 Å². The molecule has 0 amide bonds. The van der Waals surface area contributed by atoms with Gasteiger partial charge in [0, 0.05) is 18.8 Å². The molecule has 2 rings (SSSR count). The molecule has 16 heavy (non-hydrogen) atoms. The highest BCUT2D eigenvalue weighted by Crippen LogP contribution is 2.23. The van der Waals surface area contributed by atoms with Crippen LogP contribution in [0.1, 0.15) is 5.56 Å². The molecule has 0 spiro atoms.